The third-order valence-electron chi connectivity index (χ3n) is 2.79. The average molecular weight is 388 g/mol. The highest BCUT2D eigenvalue weighted by atomic mass is 35.5. The summed E-state index contributed by atoms with van der Waals surface area (Å²) >= 11 is 11.8. The number of allylic oxidation sites excluding steroid dienone is 1. The van der Waals surface area contributed by atoms with E-state index in [-0.39, 0.29) is 12.7 Å². The molecular formula is C17H19Cl2NO5. The van der Waals surface area contributed by atoms with Gasteiger partial charge in [0.15, 0.2) is 0 Å². The van der Waals surface area contributed by atoms with Gasteiger partial charge in [-0.3, -0.25) is 0 Å². The lowest BCUT2D eigenvalue weighted by Crippen LogP contribution is -2.18. The number of hydroxylamine groups is 1. The molecule has 136 valence electrons. The summed E-state index contributed by atoms with van der Waals surface area (Å²) in [4.78, 5) is 27.0. The fourth-order valence-corrected chi connectivity index (χ4v) is 2.02. The zero-order valence-electron chi connectivity index (χ0n) is 13.8. The zero-order valence-corrected chi connectivity index (χ0v) is 15.3. The SMILES string of the molecule is C/C=C/C(CCOC(=O)/C=C/C(=O)ONC)Oc1ccc(Cl)c(Cl)c1. The number of carbonyl (C=O) groups is 2. The van der Waals surface area contributed by atoms with Crippen molar-refractivity contribution in [3.05, 3.63) is 52.5 Å². The van der Waals surface area contributed by atoms with Crippen LogP contribution >= 0.6 is 23.2 Å². The fourth-order valence-electron chi connectivity index (χ4n) is 1.73. The van der Waals surface area contributed by atoms with E-state index in [4.69, 9.17) is 32.7 Å². The van der Waals surface area contributed by atoms with Crippen molar-refractivity contribution in [3.8, 4) is 5.75 Å². The van der Waals surface area contributed by atoms with Crippen LogP contribution in [-0.4, -0.2) is 31.7 Å². The van der Waals surface area contributed by atoms with Gasteiger partial charge in [0.05, 0.1) is 16.7 Å². The highest BCUT2D eigenvalue weighted by Gasteiger charge is 2.10. The average Bonchev–Trinajstić information content (AvgIpc) is 2.57. The van der Waals surface area contributed by atoms with Crippen LogP contribution in [0.3, 0.4) is 0 Å². The van der Waals surface area contributed by atoms with Gasteiger partial charge >= 0.3 is 11.9 Å². The van der Waals surface area contributed by atoms with E-state index in [2.05, 4.69) is 10.3 Å². The molecule has 1 rings (SSSR count). The molecule has 0 aliphatic heterocycles. The van der Waals surface area contributed by atoms with Gasteiger partial charge < -0.3 is 14.3 Å². The molecule has 0 bridgehead atoms. The Hall–Kier alpha value is -2.02. The molecule has 1 aromatic carbocycles. The molecule has 1 unspecified atom stereocenters. The van der Waals surface area contributed by atoms with Crippen molar-refractivity contribution in [2.45, 2.75) is 19.4 Å². The van der Waals surface area contributed by atoms with E-state index in [1.807, 2.05) is 19.1 Å². The number of carbonyl (C=O) groups excluding carboxylic acids is 2. The maximum absolute atomic E-state index is 11.5. The monoisotopic (exact) mass is 387 g/mol. The molecular weight excluding hydrogens is 369 g/mol. The molecule has 6 nitrogen and oxygen atoms in total. The minimum Gasteiger partial charge on any atom is -0.486 e. The molecule has 25 heavy (non-hydrogen) atoms. The van der Waals surface area contributed by atoms with Crippen LogP contribution in [0.1, 0.15) is 13.3 Å². The largest absolute Gasteiger partial charge is 0.486 e. The minimum atomic E-state index is -0.700. The first-order valence-electron chi connectivity index (χ1n) is 7.43. The number of nitrogens with one attached hydrogen (secondary N) is 1. The molecule has 0 aliphatic carbocycles. The first-order chi connectivity index (χ1) is 12.0. The molecule has 0 aliphatic rings. The van der Waals surface area contributed by atoms with E-state index >= 15 is 0 Å². The number of hydrogen-bond acceptors (Lipinski definition) is 6. The number of benzene rings is 1. The second-order valence-corrected chi connectivity index (χ2v) is 5.49. The standard InChI is InChI=1S/C17H19Cl2NO5/c1-3-4-12(24-13-5-6-14(18)15(19)11-13)9-10-23-16(21)7-8-17(22)25-20-2/h3-8,11-12,20H,9-10H2,1-2H3/b4-3+,8-7+. The third kappa shape index (κ3) is 8.58. The Labute approximate surface area is 156 Å². The Balaban J connectivity index is 2.49. The number of ether oxygens (including phenoxy) is 2. The van der Waals surface area contributed by atoms with Crippen LogP contribution in [0.15, 0.2) is 42.5 Å². The molecule has 0 heterocycles. The van der Waals surface area contributed by atoms with Gasteiger partial charge in [0.2, 0.25) is 0 Å². The molecule has 1 N–H and O–H groups in total. The van der Waals surface area contributed by atoms with Crippen LogP contribution in [0.25, 0.3) is 0 Å². The first kappa shape index (κ1) is 21.0. The van der Waals surface area contributed by atoms with Gasteiger partial charge in [-0.05, 0) is 25.1 Å². The Morgan fingerprint density at radius 3 is 2.56 bits per heavy atom. The molecule has 0 radical (unpaired) electrons. The van der Waals surface area contributed by atoms with E-state index in [1.54, 1.807) is 18.2 Å². The molecule has 0 spiro atoms. The van der Waals surface area contributed by atoms with Crippen molar-refractivity contribution in [1.82, 2.24) is 5.48 Å². The van der Waals surface area contributed by atoms with Crippen LogP contribution < -0.4 is 10.2 Å². The summed E-state index contributed by atoms with van der Waals surface area (Å²) in [6.45, 7) is 1.97. The van der Waals surface area contributed by atoms with E-state index in [9.17, 15) is 9.59 Å². The first-order valence-corrected chi connectivity index (χ1v) is 8.18. The second kappa shape index (κ2) is 11.5. The van der Waals surface area contributed by atoms with Crippen LogP contribution in [0.5, 0.6) is 5.75 Å². The Morgan fingerprint density at radius 2 is 1.92 bits per heavy atom. The smallest absolute Gasteiger partial charge is 0.349 e. The van der Waals surface area contributed by atoms with Gasteiger partial charge in [0.1, 0.15) is 11.9 Å². The predicted molar refractivity (Wildman–Crippen MR) is 95.6 cm³/mol. The predicted octanol–water partition coefficient (Wildman–Crippen LogP) is 3.48. The lowest BCUT2D eigenvalue weighted by atomic mass is 10.2. The van der Waals surface area contributed by atoms with Crippen molar-refractivity contribution in [3.63, 3.8) is 0 Å². The molecule has 1 aromatic rings. The normalized spacial score (nSPS) is 12.3. The summed E-state index contributed by atoms with van der Waals surface area (Å²) in [6, 6.07) is 4.95. The van der Waals surface area contributed by atoms with E-state index in [0.717, 1.165) is 12.2 Å². The molecule has 8 heteroatoms. The molecule has 0 aromatic heterocycles. The molecule has 1 atom stereocenters. The number of halogens is 2. The maximum atomic E-state index is 11.5. The zero-order chi connectivity index (χ0) is 18.7. The number of rotatable bonds is 9. The molecule has 0 amide bonds. The van der Waals surface area contributed by atoms with E-state index in [0.29, 0.717) is 22.2 Å². The van der Waals surface area contributed by atoms with Gasteiger partial charge in [-0.1, -0.05) is 29.3 Å². The Kier molecular flexibility index (Phi) is 9.69. The van der Waals surface area contributed by atoms with E-state index in [1.165, 1.54) is 7.05 Å². The summed E-state index contributed by atoms with van der Waals surface area (Å²) < 4.78 is 10.8. The minimum absolute atomic E-state index is 0.112. The summed E-state index contributed by atoms with van der Waals surface area (Å²) in [7, 11) is 1.43. The maximum Gasteiger partial charge on any atom is 0.349 e. The van der Waals surface area contributed by atoms with Crippen molar-refractivity contribution in [1.29, 1.82) is 0 Å². The van der Waals surface area contributed by atoms with Gasteiger partial charge in [-0.25, -0.2) is 9.59 Å². The summed E-state index contributed by atoms with van der Waals surface area (Å²) in [5.74, 6) is -0.797. The molecule has 0 saturated carbocycles. The van der Waals surface area contributed by atoms with Crippen LogP contribution in [0.2, 0.25) is 10.0 Å². The molecule has 0 fully saturated rings. The van der Waals surface area contributed by atoms with Crippen molar-refractivity contribution >= 4 is 35.1 Å². The van der Waals surface area contributed by atoms with Crippen LogP contribution in [0, 0.1) is 0 Å². The van der Waals surface area contributed by atoms with Gasteiger partial charge in [-0.2, -0.15) is 5.48 Å². The van der Waals surface area contributed by atoms with Gasteiger partial charge in [0, 0.05) is 31.7 Å². The molecule has 0 saturated heterocycles. The lowest BCUT2D eigenvalue weighted by molar-refractivity contribution is -0.144. The van der Waals surface area contributed by atoms with Gasteiger partial charge in [-0.15, -0.1) is 0 Å². The summed E-state index contributed by atoms with van der Waals surface area (Å²) in [6.07, 6.45) is 5.73. The lowest BCUT2D eigenvalue weighted by Gasteiger charge is -2.16. The highest BCUT2D eigenvalue weighted by Crippen LogP contribution is 2.27. The second-order valence-electron chi connectivity index (χ2n) is 4.67. The van der Waals surface area contributed by atoms with Crippen molar-refractivity contribution in [2.24, 2.45) is 0 Å². The van der Waals surface area contributed by atoms with Crippen LogP contribution in [0.4, 0.5) is 0 Å². The number of hydrogen-bond donors (Lipinski definition) is 1. The highest BCUT2D eigenvalue weighted by molar-refractivity contribution is 6.42. The van der Waals surface area contributed by atoms with Crippen LogP contribution in [-0.2, 0) is 19.2 Å². The van der Waals surface area contributed by atoms with Gasteiger partial charge in [0.25, 0.3) is 0 Å². The van der Waals surface area contributed by atoms with Crippen molar-refractivity contribution in [2.75, 3.05) is 13.7 Å². The summed E-state index contributed by atoms with van der Waals surface area (Å²) in [5.41, 5.74) is 2.20. The third-order valence-corrected chi connectivity index (χ3v) is 3.53. The number of esters is 1. The fraction of sp³-hybridized carbons (Fsp3) is 0.294. The summed E-state index contributed by atoms with van der Waals surface area (Å²) in [5, 5.41) is 0.831. The Morgan fingerprint density at radius 1 is 1.20 bits per heavy atom. The Bertz CT molecular complexity index is 646. The topological polar surface area (TPSA) is 73.9 Å². The van der Waals surface area contributed by atoms with Crippen molar-refractivity contribution < 1.29 is 23.9 Å². The quantitative estimate of drug-likeness (QED) is 0.302. The van der Waals surface area contributed by atoms with E-state index < -0.39 is 11.9 Å².